The van der Waals surface area contributed by atoms with E-state index in [4.69, 9.17) is 18.6 Å². The normalized spacial score (nSPS) is 10.8. The molecule has 1 N–H and O–H groups in total. The Balaban J connectivity index is 2.32. The first-order valence-electron chi connectivity index (χ1n) is 7.99. The van der Waals surface area contributed by atoms with Gasteiger partial charge in [-0.25, -0.2) is 0 Å². The molecule has 0 radical (unpaired) electrons. The van der Waals surface area contributed by atoms with Gasteiger partial charge in [-0.3, -0.25) is 4.79 Å². The monoisotopic (exact) mass is 356 g/mol. The minimum absolute atomic E-state index is 0.130. The fraction of sp³-hybridized carbons (Fsp3) is 0.250. The number of hydrogen-bond acceptors (Lipinski definition) is 6. The molecule has 1 heterocycles. The number of methoxy groups -OCH3 is 3. The number of phenolic OH excluding ortho intramolecular Hbond substituents is 1. The second kappa shape index (κ2) is 6.63. The number of phenols is 1. The minimum Gasteiger partial charge on any atom is -0.507 e. The van der Waals surface area contributed by atoms with Crippen molar-refractivity contribution in [2.24, 2.45) is 0 Å². The molecule has 6 nitrogen and oxygen atoms in total. The third-order valence-corrected chi connectivity index (χ3v) is 4.43. The lowest BCUT2D eigenvalue weighted by Crippen LogP contribution is -2.04. The molecule has 0 aliphatic heterocycles. The van der Waals surface area contributed by atoms with E-state index in [0.29, 0.717) is 45.3 Å². The number of hydrogen-bond donors (Lipinski definition) is 1. The van der Waals surface area contributed by atoms with Crippen LogP contribution in [0.15, 0.2) is 33.5 Å². The summed E-state index contributed by atoms with van der Waals surface area (Å²) in [6.45, 7) is 3.48. The molecule has 2 aromatic carbocycles. The molecule has 0 amide bonds. The molecule has 0 fully saturated rings. The summed E-state index contributed by atoms with van der Waals surface area (Å²) in [5.41, 5.74) is 1.77. The fourth-order valence-electron chi connectivity index (χ4n) is 3.10. The second-order valence-electron chi connectivity index (χ2n) is 5.88. The number of aromatic hydroxyl groups is 1. The maximum atomic E-state index is 12.7. The highest BCUT2D eigenvalue weighted by atomic mass is 16.5. The van der Waals surface area contributed by atoms with Crippen molar-refractivity contribution in [3.8, 4) is 34.3 Å². The summed E-state index contributed by atoms with van der Waals surface area (Å²) < 4.78 is 21.9. The SMILES string of the molecule is COc1ccc(-c2cc(=O)c3c(O)c(C)c(OC)c(C)c3o2)cc1OC. The van der Waals surface area contributed by atoms with E-state index in [-0.39, 0.29) is 16.6 Å². The van der Waals surface area contributed by atoms with E-state index in [9.17, 15) is 9.90 Å². The minimum atomic E-state index is -0.331. The molecule has 0 saturated carbocycles. The topological polar surface area (TPSA) is 78.1 Å². The number of rotatable bonds is 4. The quantitative estimate of drug-likeness (QED) is 0.766. The Hall–Kier alpha value is -3.15. The highest BCUT2D eigenvalue weighted by Gasteiger charge is 2.20. The Bertz CT molecular complexity index is 1050. The summed E-state index contributed by atoms with van der Waals surface area (Å²) in [6, 6.07) is 6.59. The third kappa shape index (κ3) is 2.63. The van der Waals surface area contributed by atoms with Gasteiger partial charge in [0.1, 0.15) is 28.2 Å². The average Bonchev–Trinajstić information content (AvgIpc) is 2.65. The first-order chi connectivity index (χ1) is 12.4. The van der Waals surface area contributed by atoms with Crippen LogP contribution in [-0.2, 0) is 0 Å². The van der Waals surface area contributed by atoms with Gasteiger partial charge in [0.25, 0.3) is 0 Å². The van der Waals surface area contributed by atoms with Gasteiger partial charge in [0.15, 0.2) is 16.9 Å². The highest BCUT2D eigenvalue weighted by Crippen LogP contribution is 2.39. The molecular formula is C20H20O6. The zero-order valence-electron chi connectivity index (χ0n) is 15.3. The zero-order valence-corrected chi connectivity index (χ0v) is 15.3. The van der Waals surface area contributed by atoms with Crippen molar-refractivity contribution >= 4 is 11.0 Å². The van der Waals surface area contributed by atoms with Crippen molar-refractivity contribution in [1.29, 1.82) is 0 Å². The standard InChI is InChI=1S/C20H20O6/c1-10-18(22)17-13(21)9-15(26-20(17)11(2)19(10)25-5)12-6-7-14(23-3)16(8-12)24-4/h6-9,22H,1-5H3. The van der Waals surface area contributed by atoms with Gasteiger partial charge in [0.2, 0.25) is 0 Å². The predicted octanol–water partition coefficient (Wildman–Crippen LogP) is 3.81. The molecule has 0 bridgehead atoms. The summed E-state index contributed by atoms with van der Waals surface area (Å²) in [7, 11) is 4.60. The summed E-state index contributed by atoms with van der Waals surface area (Å²) in [5, 5.41) is 10.6. The van der Waals surface area contributed by atoms with Crippen LogP contribution < -0.4 is 19.6 Å². The van der Waals surface area contributed by atoms with Gasteiger partial charge in [0, 0.05) is 22.8 Å². The highest BCUT2D eigenvalue weighted by molar-refractivity contribution is 5.90. The molecule has 0 saturated heterocycles. The van der Waals surface area contributed by atoms with Gasteiger partial charge in [-0.15, -0.1) is 0 Å². The van der Waals surface area contributed by atoms with Crippen molar-refractivity contribution in [3.05, 3.63) is 45.6 Å². The third-order valence-electron chi connectivity index (χ3n) is 4.43. The Morgan fingerprint density at radius 2 is 1.62 bits per heavy atom. The molecule has 3 rings (SSSR count). The van der Waals surface area contributed by atoms with Gasteiger partial charge in [0.05, 0.1) is 21.3 Å². The molecule has 0 aliphatic carbocycles. The van der Waals surface area contributed by atoms with Crippen LogP contribution in [0.4, 0.5) is 0 Å². The largest absolute Gasteiger partial charge is 0.507 e. The van der Waals surface area contributed by atoms with E-state index in [1.807, 2.05) is 0 Å². The van der Waals surface area contributed by atoms with Crippen molar-refractivity contribution in [2.45, 2.75) is 13.8 Å². The van der Waals surface area contributed by atoms with E-state index >= 15 is 0 Å². The molecular weight excluding hydrogens is 336 g/mol. The molecule has 0 unspecified atom stereocenters. The van der Waals surface area contributed by atoms with Crippen LogP contribution >= 0.6 is 0 Å². The smallest absolute Gasteiger partial charge is 0.197 e. The molecule has 136 valence electrons. The number of fused-ring (bicyclic) bond motifs is 1. The van der Waals surface area contributed by atoms with Crippen molar-refractivity contribution < 1.29 is 23.7 Å². The van der Waals surface area contributed by atoms with Gasteiger partial charge in [-0.2, -0.15) is 0 Å². The van der Waals surface area contributed by atoms with E-state index in [1.54, 1.807) is 39.2 Å². The number of ether oxygens (including phenoxy) is 3. The number of aryl methyl sites for hydroxylation is 1. The van der Waals surface area contributed by atoms with Gasteiger partial charge < -0.3 is 23.7 Å². The molecule has 3 aromatic rings. The van der Waals surface area contributed by atoms with E-state index in [0.717, 1.165) is 0 Å². The maximum Gasteiger partial charge on any atom is 0.197 e. The zero-order chi connectivity index (χ0) is 19.0. The van der Waals surface area contributed by atoms with E-state index in [2.05, 4.69) is 0 Å². The summed E-state index contributed by atoms with van der Waals surface area (Å²) in [6.07, 6.45) is 0. The van der Waals surface area contributed by atoms with Crippen LogP contribution in [0.3, 0.4) is 0 Å². The first kappa shape index (κ1) is 17.7. The molecule has 0 aliphatic rings. The fourth-order valence-corrected chi connectivity index (χ4v) is 3.10. The predicted molar refractivity (Wildman–Crippen MR) is 98.7 cm³/mol. The summed E-state index contributed by atoms with van der Waals surface area (Å²) in [4.78, 5) is 12.7. The maximum absolute atomic E-state index is 12.7. The van der Waals surface area contributed by atoms with Gasteiger partial charge >= 0.3 is 0 Å². The Kier molecular flexibility index (Phi) is 4.50. The molecule has 6 heteroatoms. The molecule has 1 aromatic heterocycles. The van der Waals surface area contributed by atoms with Crippen molar-refractivity contribution in [3.63, 3.8) is 0 Å². The van der Waals surface area contributed by atoms with Crippen LogP contribution in [0, 0.1) is 13.8 Å². The van der Waals surface area contributed by atoms with Gasteiger partial charge in [-0.05, 0) is 32.0 Å². The number of benzene rings is 2. The van der Waals surface area contributed by atoms with Crippen molar-refractivity contribution in [1.82, 2.24) is 0 Å². The van der Waals surface area contributed by atoms with Crippen LogP contribution in [0.25, 0.3) is 22.3 Å². The summed E-state index contributed by atoms with van der Waals surface area (Å²) in [5.74, 6) is 1.81. The lowest BCUT2D eigenvalue weighted by molar-refractivity contribution is 0.355. The molecule has 26 heavy (non-hydrogen) atoms. The van der Waals surface area contributed by atoms with E-state index in [1.165, 1.54) is 20.3 Å². The second-order valence-corrected chi connectivity index (χ2v) is 5.88. The van der Waals surface area contributed by atoms with E-state index < -0.39 is 0 Å². The van der Waals surface area contributed by atoms with Crippen LogP contribution in [0.5, 0.6) is 23.0 Å². The average molecular weight is 356 g/mol. The Labute approximate surface area is 150 Å². The van der Waals surface area contributed by atoms with Gasteiger partial charge in [-0.1, -0.05) is 0 Å². The Morgan fingerprint density at radius 1 is 0.923 bits per heavy atom. The first-order valence-corrected chi connectivity index (χ1v) is 7.99. The van der Waals surface area contributed by atoms with Crippen LogP contribution in [0.1, 0.15) is 11.1 Å². The van der Waals surface area contributed by atoms with Crippen LogP contribution in [-0.4, -0.2) is 26.4 Å². The summed E-state index contributed by atoms with van der Waals surface area (Å²) >= 11 is 0. The lowest BCUT2D eigenvalue weighted by Gasteiger charge is -2.14. The van der Waals surface area contributed by atoms with Crippen molar-refractivity contribution in [2.75, 3.05) is 21.3 Å². The molecule has 0 atom stereocenters. The lowest BCUT2D eigenvalue weighted by atomic mass is 10.0. The Morgan fingerprint density at radius 3 is 2.23 bits per heavy atom. The molecule has 0 spiro atoms. The van der Waals surface area contributed by atoms with Crippen LogP contribution in [0.2, 0.25) is 0 Å².